The van der Waals surface area contributed by atoms with E-state index in [0.29, 0.717) is 11.9 Å². The molecule has 128 valence electrons. The van der Waals surface area contributed by atoms with Gasteiger partial charge in [-0.3, -0.25) is 0 Å². The summed E-state index contributed by atoms with van der Waals surface area (Å²) in [4.78, 5) is 10.8. The van der Waals surface area contributed by atoms with Crippen molar-refractivity contribution < 1.29 is 8.42 Å². The summed E-state index contributed by atoms with van der Waals surface area (Å²) in [6.45, 7) is 5.77. The highest BCUT2D eigenvalue weighted by Crippen LogP contribution is 2.27. The van der Waals surface area contributed by atoms with Crippen LogP contribution in [0.2, 0.25) is 0 Å². The predicted octanol–water partition coefficient (Wildman–Crippen LogP) is 2.44. The lowest BCUT2D eigenvalue weighted by Gasteiger charge is -2.31. The zero-order valence-electron chi connectivity index (χ0n) is 13.9. The number of hydrogen-bond donors (Lipinski definition) is 1. The summed E-state index contributed by atoms with van der Waals surface area (Å²) in [7, 11) is -3.72. The van der Waals surface area contributed by atoms with E-state index in [2.05, 4.69) is 21.8 Å². The quantitative estimate of drug-likeness (QED) is 0.918. The van der Waals surface area contributed by atoms with Gasteiger partial charge in [0.25, 0.3) is 0 Å². The minimum atomic E-state index is -3.72. The van der Waals surface area contributed by atoms with Crippen LogP contribution in [-0.2, 0) is 9.84 Å². The van der Waals surface area contributed by atoms with Crippen LogP contribution < -0.4 is 10.6 Å². The van der Waals surface area contributed by atoms with Crippen LogP contribution in [0.5, 0.6) is 0 Å². The molecule has 1 aliphatic heterocycles. The molecule has 1 aromatic heterocycles. The summed E-state index contributed by atoms with van der Waals surface area (Å²) >= 11 is 0. The number of rotatable bonds is 3. The molecule has 0 unspecified atom stereocenters. The van der Waals surface area contributed by atoms with E-state index in [0.717, 1.165) is 25.1 Å². The zero-order valence-corrected chi connectivity index (χ0v) is 14.8. The Morgan fingerprint density at radius 1 is 1.33 bits per heavy atom. The fourth-order valence-corrected chi connectivity index (χ4v) is 4.38. The molecule has 2 heterocycles. The number of aromatic nitrogens is 2. The molecule has 0 saturated carbocycles. The maximum atomic E-state index is 12.8. The second kappa shape index (κ2) is 6.39. The van der Waals surface area contributed by atoms with Gasteiger partial charge in [0.2, 0.25) is 15.8 Å². The van der Waals surface area contributed by atoms with Crippen LogP contribution in [0, 0.1) is 12.8 Å². The van der Waals surface area contributed by atoms with Gasteiger partial charge in [-0.05, 0) is 43.4 Å². The molecule has 0 amide bonds. The lowest BCUT2D eigenvalue weighted by atomic mass is 10.0. The second-order valence-corrected chi connectivity index (χ2v) is 8.35. The Morgan fingerprint density at radius 2 is 2.12 bits per heavy atom. The number of aryl methyl sites for hydroxylation is 1. The van der Waals surface area contributed by atoms with Crippen LogP contribution in [0.25, 0.3) is 0 Å². The Bertz CT molecular complexity index is 851. The number of nitrogens with zero attached hydrogens (tertiary/aromatic N) is 3. The summed E-state index contributed by atoms with van der Waals surface area (Å²) in [5, 5.41) is 0. The third-order valence-corrected chi connectivity index (χ3v) is 6.07. The first kappa shape index (κ1) is 16.7. The van der Waals surface area contributed by atoms with Crippen LogP contribution in [0.15, 0.2) is 40.3 Å². The van der Waals surface area contributed by atoms with Crippen LogP contribution >= 0.6 is 0 Å². The molecule has 2 N–H and O–H groups in total. The molecule has 0 spiro atoms. The minimum absolute atomic E-state index is 0.000248. The highest BCUT2D eigenvalue weighted by molar-refractivity contribution is 7.91. The molecular weight excluding hydrogens is 324 g/mol. The van der Waals surface area contributed by atoms with Gasteiger partial charge in [0.05, 0.1) is 11.1 Å². The van der Waals surface area contributed by atoms with Gasteiger partial charge in [-0.25, -0.2) is 13.4 Å². The second-order valence-electron chi connectivity index (χ2n) is 6.43. The van der Waals surface area contributed by atoms with E-state index in [9.17, 15) is 8.42 Å². The summed E-state index contributed by atoms with van der Waals surface area (Å²) in [6, 6.07) is 6.74. The molecule has 0 bridgehead atoms. The summed E-state index contributed by atoms with van der Waals surface area (Å²) in [5.74, 6) is 1.07. The Kier molecular flexibility index (Phi) is 4.45. The van der Waals surface area contributed by atoms with E-state index >= 15 is 0 Å². The van der Waals surface area contributed by atoms with Gasteiger partial charge in [-0.2, -0.15) is 4.98 Å². The van der Waals surface area contributed by atoms with Crippen LogP contribution in [0.4, 0.5) is 11.8 Å². The van der Waals surface area contributed by atoms with E-state index in [1.807, 2.05) is 13.0 Å². The lowest BCUT2D eigenvalue weighted by molar-refractivity contribution is 0.442. The fraction of sp³-hybridized carbons (Fsp3) is 0.412. The molecule has 1 aliphatic rings. The predicted molar refractivity (Wildman–Crippen MR) is 93.7 cm³/mol. The molecule has 24 heavy (non-hydrogen) atoms. The number of piperidine rings is 1. The molecule has 6 nitrogen and oxygen atoms in total. The van der Waals surface area contributed by atoms with Crippen LogP contribution in [0.1, 0.15) is 25.3 Å². The van der Waals surface area contributed by atoms with Crippen molar-refractivity contribution in [2.45, 2.75) is 36.5 Å². The lowest BCUT2D eigenvalue weighted by Crippen LogP contribution is -2.35. The number of anilines is 2. The van der Waals surface area contributed by atoms with E-state index in [4.69, 9.17) is 5.73 Å². The Balaban J connectivity index is 1.95. The van der Waals surface area contributed by atoms with E-state index in [1.165, 1.54) is 12.6 Å². The molecule has 1 aromatic carbocycles. The number of hydrogen-bond acceptors (Lipinski definition) is 6. The highest BCUT2D eigenvalue weighted by Gasteiger charge is 2.25. The SMILES string of the molecule is Cc1cccc(S(=O)(=O)c2cnc(N3CCC[C@@H](C)C3)nc2N)c1. The largest absolute Gasteiger partial charge is 0.382 e. The van der Waals surface area contributed by atoms with Crippen molar-refractivity contribution in [1.29, 1.82) is 0 Å². The summed E-state index contributed by atoms with van der Waals surface area (Å²) in [6.07, 6.45) is 3.59. The normalized spacial score (nSPS) is 18.6. The number of nitrogen functional groups attached to an aromatic ring is 1. The molecule has 3 rings (SSSR count). The molecule has 0 aliphatic carbocycles. The topological polar surface area (TPSA) is 89.2 Å². The standard InChI is InChI=1S/C17H22N4O2S/c1-12-5-3-7-14(9-12)24(22,23)15-10-19-17(20-16(15)18)21-8-4-6-13(2)11-21/h3,5,7,9-10,13H,4,6,8,11H2,1-2H3,(H2,18,19,20)/t13-/m1/s1. The van der Waals surface area contributed by atoms with E-state index in [-0.39, 0.29) is 15.6 Å². The molecule has 7 heteroatoms. The molecule has 1 fully saturated rings. The average Bonchev–Trinajstić information content (AvgIpc) is 2.54. The first-order valence-corrected chi connectivity index (χ1v) is 9.55. The fourth-order valence-electron chi connectivity index (χ4n) is 3.01. The number of benzene rings is 1. The van der Waals surface area contributed by atoms with Gasteiger partial charge < -0.3 is 10.6 Å². The molecule has 1 atom stereocenters. The first-order valence-electron chi connectivity index (χ1n) is 8.07. The summed E-state index contributed by atoms with van der Waals surface area (Å²) in [5.41, 5.74) is 6.84. The molecular formula is C17H22N4O2S. The van der Waals surface area contributed by atoms with Crippen LogP contribution in [0.3, 0.4) is 0 Å². The Hall–Kier alpha value is -2.15. The van der Waals surface area contributed by atoms with Gasteiger partial charge in [-0.1, -0.05) is 19.1 Å². The molecule has 0 radical (unpaired) electrons. The van der Waals surface area contributed by atoms with Crippen molar-refractivity contribution in [3.63, 3.8) is 0 Å². The van der Waals surface area contributed by atoms with Crippen molar-refractivity contribution in [2.75, 3.05) is 23.7 Å². The van der Waals surface area contributed by atoms with Crippen molar-refractivity contribution in [1.82, 2.24) is 9.97 Å². The summed E-state index contributed by atoms with van der Waals surface area (Å²) < 4.78 is 25.5. The molecule has 1 saturated heterocycles. The van der Waals surface area contributed by atoms with Gasteiger partial charge in [0.15, 0.2) is 0 Å². The maximum absolute atomic E-state index is 12.8. The van der Waals surface area contributed by atoms with Crippen LogP contribution in [-0.4, -0.2) is 31.5 Å². The first-order chi connectivity index (χ1) is 11.4. The third-order valence-electron chi connectivity index (χ3n) is 4.30. The smallest absolute Gasteiger partial charge is 0.227 e. The van der Waals surface area contributed by atoms with E-state index in [1.54, 1.807) is 18.2 Å². The van der Waals surface area contributed by atoms with Crippen molar-refractivity contribution in [3.05, 3.63) is 36.0 Å². The molecule has 2 aromatic rings. The maximum Gasteiger partial charge on any atom is 0.227 e. The third kappa shape index (κ3) is 3.21. The van der Waals surface area contributed by atoms with Gasteiger partial charge >= 0.3 is 0 Å². The monoisotopic (exact) mass is 346 g/mol. The average molecular weight is 346 g/mol. The Morgan fingerprint density at radius 3 is 2.79 bits per heavy atom. The van der Waals surface area contributed by atoms with Gasteiger partial charge in [0.1, 0.15) is 10.7 Å². The van der Waals surface area contributed by atoms with E-state index < -0.39 is 9.84 Å². The minimum Gasteiger partial charge on any atom is -0.382 e. The van der Waals surface area contributed by atoms with Crippen molar-refractivity contribution >= 4 is 21.6 Å². The number of nitrogens with two attached hydrogens (primary N) is 1. The Labute approximate surface area is 142 Å². The zero-order chi connectivity index (χ0) is 17.3. The van der Waals surface area contributed by atoms with Gasteiger partial charge in [0, 0.05) is 13.1 Å². The number of sulfone groups is 1. The van der Waals surface area contributed by atoms with Crippen molar-refractivity contribution in [3.8, 4) is 0 Å². The highest BCUT2D eigenvalue weighted by atomic mass is 32.2. The van der Waals surface area contributed by atoms with Crippen molar-refractivity contribution in [2.24, 2.45) is 5.92 Å². The van der Waals surface area contributed by atoms with Gasteiger partial charge in [-0.15, -0.1) is 0 Å².